The summed E-state index contributed by atoms with van der Waals surface area (Å²) < 4.78 is 21.8. The summed E-state index contributed by atoms with van der Waals surface area (Å²) in [7, 11) is 0. The molecule has 0 fully saturated rings. The first-order valence-electron chi connectivity index (χ1n) is 10.7. The summed E-state index contributed by atoms with van der Waals surface area (Å²) in [5.41, 5.74) is -0.0422. The summed E-state index contributed by atoms with van der Waals surface area (Å²) in [4.78, 5) is 30.2. The topological polar surface area (TPSA) is 103 Å². The van der Waals surface area contributed by atoms with Crippen LogP contribution in [0.1, 0.15) is 41.8 Å². The Balaban J connectivity index is 1.76. The predicted molar refractivity (Wildman–Crippen MR) is 132 cm³/mol. The maximum Gasteiger partial charge on any atom is 0.264 e. The first-order valence-corrected chi connectivity index (χ1v) is 11.9. The first-order chi connectivity index (χ1) is 16.5. The molecule has 4 aromatic rings. The summed E-state index contributed by atoms with van der Waals surface area (Å²) >= 11 is 7.96. The van der Waals surface area contributed by atoms with E-state index >= 15 is 0 Å². The van der Waals surface area contributed by atoms with Gasteiger partial charge in [-0.3, -0.25) is 9.36 Å². The van der Waals surface area contributed by atoms with Crippen LogP contribution in [0.5, 0.6) is 5.88 Å². The maximum atomic E-state index is 14.6. The number of benzene rings is 1. The van der Waals surface area contributed by atoms with Crippen molar-refractivity contribution in [3.63, 3.8) is 0 Å². The van der Waals surface area contributed by atoms with E-state index in [1.807, 2.05) is 12.3 Å². The van der Waals surface area contributed by atoms with Gasteiger partial charge in [-0.25, -0.2) is 19.3 Å². The SMILES string of the molecule is Cc1nc(COc2nc(C)n(-c3cc(-c4nc(C(C)(C)O)ncc4F)ccc3Cl)c(=O)c2C)cs1. The van der Waals surface area contributed by atoms with Gasteiger partial charge >= 0.3 is 0 Å². The van der Waals surface area contributed by atoms with Crippen molar-refractivity contribution in [3.8, 4) is 22.8 Å². The molecule has 0 atom stereocenters. The number of hydrogen-bond acceptors (Lipinski definition) is 8. The highest BCUT2D eigenvalue weighted by molar-refractivity contribution is 7.09. The van der Waals surface area contributed by atoms with Crippen molar-refractivity contribution in [1.29, 1.82) is 0 Å². The van der Waals surface area contributed by atoms with Crippen molar-refractivity contribution < 1.29 is 14.2 Å². The van der Waals surface area contributed by atoms with Gasteiger partial charge in [0.15, 0.2) is 11.6 Å². The zero-order chi connectivity index (χ0) is 25.5. The average Bonchev–Trinajstić information content (AvgIpc) is 3.21. The Hall–Kier alpha value is -3.21. The summed E-state index contributed by atoms with van der Waals surface area (Å²) in [5, 5.41) is 13.3. The van der Waals surface area contributed by atoms with Crippen LogP contribution in [0.25, 0.3) is 16.9 Å². The number of aliphatic hydroxyl groups is 1. The van der Waals surface area contributed by atoms with Crippen LogP contribution in [0.2, 0.25) is 5.02 Å². The maximum absolute atomic E-state index is 14.6. The smallest absolute Gasteiger partial charge is 0.264 e. The van der Waals surface area contributed by atoms with Crippen LogP contribution in [0.3, 0.4) is 0 Å². The van der Waals surface area contributed by atoms with Crippen molar-refractivity contribution in [3.05, 3.63) is 78.9 Å². The summed E-state index contributed by atoms with van der Waals surface area (Å²) in [6, 6.07) is 4.68. The molecule has 182 valence electrons. The monoisotopic (exact) mass is 515 g/mol. The summed E-state index contributed by atoms with van der Waals surface area (Å²) in [5.74, 6) is -0.0680. The van der Waals surface area contributed by atoms with Gasteiger partial charge in [-0.1, -0.05) is 17.7 Å². The molecule has 11 heteroatoms. The highest BCUT2D eigenvalue weighted by Gasteiger charge is 2.23. The molecule has 0 unspecified atom stereocenters. The minimum atomic E-state index is -1.36. The first kappa shape index (κ1) is 24.9. The minimum Gasteiger partial charge on any atom is -0.471 e. The Kier molecular flexibility index (Phi) is 6.72. The number of nitrogens with zero attached hydrogens (tertiary/aromatic N) is 5. The second-order valence-electron chi connectivity index (χ2n) is 8.49. The molecule has 3 heterocycles. The molecule has 4 rings (SSSR count). The lowest BCUT2D eigenvalue weighted by atomic mass is 10.1. The van der Waals surface area contributed by atoms with Gasteiger partial charge in [0, 0.05) is 10.9 Å². The lowest BCUT2D eigenvalue weighted by molar-refractivity contribution is 0.0686. The molecular formula is C24H23ClFN5O3S. The van der Waals surface area contributed by atoms with E-state index in [-0.39, 0.29) is 34.6 Å². The second kappa shape index (κ2) is 9.44. The highest BCUT2D eigenvalue weighted by atomic mass is 35.5. The van der Waals surface area contributed by atoms with Gasteiger partial charge in [-0.15, -0.1) is 11.3 Å². The third kappa shape index (κ3) is 5.09. The summed E-state index contributed by atoms with van der Waals surface area (Å²) in [6.45, 7) is 8.38. The Labute approximate surface area is 210 Å². The fraction of sp³-hybridized carbons (Fsp3) is 0.292. The third-order valence-electron chi connectivity index (χ3n) is 5.21. The van der Waals surface area contributed by atoms with Gasteiger partial charge < -0.3 is 9.84 Å². The summed E-state index contributed by atoms with van der Waals surface area (Å²) in [6.07, 6.45) is 1.00. The van der Waals surface area contributed by atoms with Crippen LogP contribution in [-0.4, -0.2) is 29.6 Å². The van der Waals surface area contributed by atoms with Crippen LogP contribution >= 0.6 is 22.9 Å². The molecule has 0 saturated carbocycles. The molecule has 1 N–H and O–H groups in total. The lowest BCUT2D eigenvalue weighted by Crippen LogP contribution is -2.25. The van der Waals surface area contributed by atoms with E-state index in [4.69, 9.17) is 16.3 Å². The average molecular weight is 516 g/mol. The molecule has 0 aliphatic heterocycles. The molecule has 35 heavy (non-hydrogen) atoms. The second-order valence-corrected chi connectivity index (χ2v) is 9.96. The minimum absolute atomic E-state index is 0.0241. The van der Waals surface area contributed by atoms with Gasteiger partial charge in [-0.05, 0) is 46.8 Å². The van der Waals surface area contributed by atoms with Crippen LogP contribution in [0, 0.1) is 26.6 Å². The van der Waals surface area contributed by atoms with Crippen molar-refractivity contribution in [2.75, 3.05) is 0 Å². The van der Waals surface area contributed by atoms with Crippen LogP contribution < -0.4 is 10.3 Å². The van der Waals surface area contributed by atoms with E-state index in [0.29, 0.717) is 22.6 Å². The van der Waals surface area contributed by atoms with Gasteiger partial charge in [-0.2, -0.15) is 4.98 Å². The molecule has 0 aliphatic rings. The fourth-order valence-electron chi connectivity index (χ4n) is 3.42. The van der Waals surface area contributed by atoms with Crippen molar-refractivity contribution >= 4 is 22.9 Å². The number of aromatic nitrogens is 5. The van der Waals surface area contributed by atoms with E-state index in [0.717, 1.165) is 16.9 Å². The van der Waals surface area contributed by atoms with Crippen molar-refractivity contribution in [2.24, 2.45) is 0 Å². The van der Waals surface area contributed by atoms with E-state index < -0.39 is 11.4 Å². The Bertz CT molecular complexity index is 1480. The molecule has 3 aromatic heterocycles. The number of hydrogen-bond donors (Lipinski definition) is 1. The fourth-order valence-corrected chi connectivity index (χ4v) is 4.22. The zero-order valence-corrected chi connectivity index (χ0v) is 21.3. The van der Waals surface area contributed by atoms with Gasteiger partial charge in [0.1, 0.15) is 23.7 Å². The van der Waals surface area contributed by atoms with Crippen molar-refractivity contribution in [1.82, 2.24) is 24.5 Å². The number of aryl methyl sites for hydroxylation is 2. The Morgan fingerprint density at radius 1 is 1.20 bits per heavy atom. The van der Waals surface area contributed by atoms with Gasteiger partial charge in [0.05, 0.1) is 33.2 Å². The van der Waals surface area contributed by atoms with Crippen LogP contribution in [0.15, 0.2) is 34.6 Å². The number of rotatable bonds is 6. The molecule has 0 bridgehead atoms. The van der Waals surface area contributed by atoms with Gasteiger partial charge in [0.25, 0.3) is 5.56 Å². The number of thiazole rings is 1. The Morgan fingerprint density at radius 3 is 2.60 bits per heavy atom. The molecule has 0 spiro atoms. The van der Waals surface area contributed by atoms with Crippen LogP contribution in [0.4, 0.5) is 4.39 Å². The van der Waals surface area contributed by atoms with E-state index in [1.165, 1.54) is 29.8 Å². The standard InChI is InChI=1S/C24H23ClFN5O3S/c1-12-21(34-10-16-11-35-14(3)29-16)28-13(2)31(22(12)32)19-8-15(6-7-17(19)25)20-18(26)9-27-23(30-20)24(4,5)33/h6-9,11,33H,10H2,1-5H3. The van der Waals surface area contributed by atoms with Gasteiger partial charge in [0.2, 0.25) is 5.88 Å². The highest BCUT2D eigenvalue weighted by Crippen LogP contribution is 2.30. The lowest BCUT2D eigenvalue weighted by Gasteiger charge is -2.17. The molecule has 0 radical (unpaired) electrons. The molecular weight excluding hydrogens is 493 g/mol. The number of ether oxygens (including phenoxy) is 1. The van der Waals surface area contributed by atoms with E-state index in [9.17, 15) is 14.3 Å². The molecule has 0 aliphatic carbocycles. The largest absolute Gasteiger partial charge is 0.471 e. The molecule has 8 nitrogen and oxygen atoms in total. The number of halogens is 2. The van der Waals surface area contributed by atoms with Crippen LogP contribution in [-0.2, 0) is 12.2 Å². The predicted octanol–water partition coefficient (Wildman–Crippen LogP) is 4.67. The van der Waals surface area contributed by atoms with E-state index in [2.05, 4.69) is 19.9 Å². The quantitative estimate of drug-likeness (QED) is 0.398. The molecule has 0 amide bonds. The molecule has 0 saturated heterocycles. The third-order valence-corrected chi connectivity index (χ3v) is 6.35. The normalized spacial score (nSPS) is 11.7. The Morgan fingerprint density at radius 2 is 1.94 bits per heavy atom. The zero-order valence-electron chi connectivity index (χ0n) is 19.8. The van der Waals surface area contributed by atoms with Crippen molar-refractivity contribution in [2.45, 2.75) is 46.8 Å². The van der Waals surface area contributed by atoms with E-state index in [1.54, 1.807) is 32.0 Å². The molecule has 1 aromatic carbocycles.